The number of carbonyl (C=O) groups excluding carboxylic acids is 2. The highest BCUT2D eigenvalue weighted by molar-refractivity contribution is 9.10. The molecule has 3 nitrogen and oxygen atoms in total. The van der Waals surface area contributed by atoms with E-state index in [9.17, 15) is 14.0 Å². The van der Waals surface area contributed by atoms with Crippen molar-refractivity contribution < 1.29 is 14.0 Å². The molecule has 16 heavy (non-hydrogen) atoms. The Hall–Kier alpha value is -1.23. The third-order valence-corrected chi connectivity index (χ3v) is 3.69. The first-order valence-electron chi connectivity index (χ1n) is 4.83. The molecule has 0 radical (unpaired) electrons. The van der Waals surface area contributed by atoms with E-state index in [1.54, 1.807) is 13.8 Å². The van der Waals surface area contributed by atoms with Gasteiger partial charge in [0.15, 0.2) is 0 Å². The van der Waals surface area contributed by atoms with E-state index in [-0.39, 0.29) is 5.56 Å². The Morgan fingerprint density at radius 1 is 1.44 bits per heavy atom. The van der Waals surface area contributed by atoms with Gasteiger partial charge in [0.05, 0.1) is 11.3 Å². The summed E-state index contributed by atoms with van der Waals surface area (Å²) >= 11 is 3.17. The predicted molar refractivity (Wildman–Crippen MR) is 61.2 cm³/mol. The molecule has 2 rings (SSSR count). The molecular formula is C11H9BrFNO2. The minimum absolute atomic E-state index is 0.269. The van der Waals surface area contributed by atoms with Gasteiger partial charge in [0.25, 0.3) is 11.7 Å². The Labute approximate surface area is 100 Å². The zero-order chi connectivity index (χ0) is 12.0. The monoisotopic (exact) mass is 285 g/mol. The smallest absolute Gasteiger partial charge is 0.299 e. The number of anilines is 1. The van der Waals surface area contributed by atoms with Gasteiger partial charge in [-0.15, -0.1) is 0 Å². The van der Waals surface area contributed by atoms with Crippen LogP contribution in [0.3, 0.4) is 0 Å². The summed E-state index contributed by atoms with van der Waals surface area (Å²) in [5.74, 6) is -1.60. The third kappa shape index (κ3) is 1.31. The van der Waals surface area contributed by atoms with Gasteiger partial charge in [-0.3, -0.25) is 9.59 Å². The van der Waals surface area contributed by atoms with Gasteiger partial charge in [0.1, 0.15) is 5.82 Å². The van der Waals surface area contributed by atoms with Crippen LogP contribution in [-0.2, 0) is 4.79 Å². The number of hydrogen-bond donors (Lipinski definition) is 0. The van der Waals surface area contributed by atoms with E-state index in [4.69, 9.17) is 0 Å². The maximum atomic E-state index is 13.5. The van der Waals surface area contributed by atoms with Crippen LogP contribution in [0.15, 0.2) is 10.5 Å². The number of nitrogens with zero attached hydrogens (tertiary/aromatic N) is 1. The second-order valence-electron chi connectivity index (χ2n) is 3.57. The molecule has 0 aromatic heterocycles. The molecule has 1 aliphatic rings. The van der Waals surface area contributed by atoms with Crippen molar-refractivity contribution in [2.45, 2.75) is 13.8 Å². The van der Waals surface area contributed by atoms with Crippen molar-refractivity contribution in [3.8, 4) is 0 Å². The van der Waals surface area contributed by atoms with E-state index < -0.39 is 17.5 Å². The lowest BCUT2D eigenvalue weighted by Crippen LogP contribution is -2.29. The van der Waals surface area contributed by atoms with E-state index in [2.05, 4.69) is 15.9 Å². The van der Waals surface area contributed by atoms with E-state index in [1.807, 2.05) is 0 Å². The van der Waals surface area contributed by atoms with Crippen LogP contribution in [0, 0.1) is 12.7 Å². The lowest BCUT2D eigenvalue weighted by Gasteiger charge is -2.14. The van der Waals surface area contributed by atoms with Crippen LogP contribution < -0.4 is 4.90 Å². The maximum Gasteiger partial charge on any atom is 0.299 e. The molecule has 1 aliphatic heterocycles. The lowest BCUT2D eigenvalue weighted by molar-refractivity contribution is -0.114. The Bertz CT molecular complexity index is 513. The van der Waals surface area contributed by atoms with Crippen LogP contribution in [0.5, 0.6) is 0 Å². The first-order chi connectivity index (χ1) is 7.49. The van der Waals surface area contributed by atoms with E-state index in [0.717, 1.165) is 0 Å². The number of hydrogen-bond acceptors (Lipinski definition) is 2. The topological polar surface area (TPSA) is 37.4 Å². The van der Waals surface area contributed by atoms with Crippen molar-refractivity contribution >= 4 is 33.3 Å². The highest BCUT2D eigenvalue weighted by atomic mass is 79.9. The van der Waals surface area contributed by atoms with Crippen LogP contribution in [0.4, 0.5) is 10.1 Å². The van der Waals surface area contributed by atoms with Crippen LogP contribution in [0.2, 0.25) is 0 Å². The Balaban J connectivity index is 2.76. The minimum Gasteiger partial charge on any atom is -0.305 e. The molecule has 1 heterocycles. The van der Waals surface area contributed by atoms with Gasteiger partial charge < -0.3 is 4.90 Å². The highest BCUT2D eigenvalue weighted by Crippen LogP contribution is 2.37. The molecule has 0 spiro atoms. The number of carbonyl (C=O) groups is 2. The summed E-state index contributed by atoms with van der Waals surface area (Å²) in [6.45, 7) is 3.66. The van der Waals surface area contributed by atoms with Gasteiger partial charge in [-0.2, -0.15) is 0 Å². The molecule has 0 saturated carbocycles. The van der Waals surface area contributed by atoms with Gasteiger partial charge in [-0.25, -0.2) is 4.39 Å². The third-order valence-electron chi connectivity index (χ3n) is 2.70. The van der Waals surface area contributed by atoms with Gasteiger partial charge in [0.2, 0.25) is 0 Å². The fraction of sp³-hybridized carbons (Fsp3) is 0.273. The quantitative estimate of drug-likeness (QED) is 0.744. The molecule has 0 bridgehead atoms. The predicted octanol–water partition coefficient (Wildman–Crippen LogP) is 2.45. The van der Waals surface area contributed by atoms with E-state index >= 15 is 0 Å². The normalized spacial score (nSPS) is 14.6. The van der Waals surface area contributed by atoms with Crippen LogP contribution in [0.25, 0.3) is 0 Å². The summed E-state index contributed by atoms with van der Waals surface area (Å²) in [5.41, 5.74) is 0.969. The number of amides is 1. The van der Waals surface area contributed by atoms with Crippen molar-refractivity contribution in [2.24, 2.45) is 0 Å². The van der Waals surface area contributed by atoms with E-state index in [0.29, 0.717) is 22.3 Å². The molecule has 0 aliphatic carbocycles. The molecule has 5 heteroatoms. The summed E-state index contributed by atoms with van der Waals surface area (Å²) in [6, 6.07) is 1.24. The number of halogens is 2. The Morgan fingerprint density at radius 3 is 2.62 bits per heavy atom. The SMILES string of the molecule is CCN1C(=O)C(=O)c2c1cc(F)c(C)c2Br. The Morgan fingerprint density at radius 2 is 2.06 bits per heavy atom. The number of rotatable bonds is 1. The Kier molecular flexibility index (Phi) is 2.58. The number of benzene rings is 1. The zero-order valence-electron chi connectivity index (χ0n) is 8.80. The molecule has 0 N–H and O–H groups in total. The number of fused-ring (bicyclic) bond motifs is 1. The molecule has 84 valence electrons. The van der Waals surface area contributed by atoms with Crippen molar-refractivity contribution in [2.75, 3.05) is 11.4 Å². The van der Waals surface area contributed by atoms with E-state index in [1.165, 1.54) is 11.0 Å². The largest absolute Gasteiger partial charge is 0.305 e. The summed E-state index contributed by atoms with van der Waals surface area (Å²) in [7, 11) is 0. The molecule has 0 saturated heterocycles. The average Bonchev–Trinajstić information content (AvgIpc) is 2.48. The van der Waals surface area contributed by atoms with Crippen molar-refractivity contribution in [1.82, 2.24) is 0 Å². The second kappa shape index (κ2) is 3.66. The summed E-state index contributed by atoms with van der Waals surface area (Å²) in [4.78, 5) is 24.6. The van der Waals surface area contributed by atoms with Crippen molar-refractivity contribution in [3.05, 3.63) is 27.5 Å². The van der Waals surface area contributed by atoms with Gasteiger partial charge in [-0.1, -0.05) is 0 Å². The van der Waals surface area contributed by atoms with Crippen LogP contribution >= 0.6 is 15.9 Å². The zero-order valence-corrected chi connectivity index (χ0v) is 10.4. The molecule has 0 atom stereocenters. The van der Waals surface area contributed by atoms with Gasteiger partial charge >= 0.3 is 0 Å². The molecule has 0 unspecified atom stereocenters. The maximum absolute atomic E-state index is 13.5. The highest BCUT2D eigenvalue weighted by Gasteiger charge is 2.37. The fourth-order valence-electron chi connectivity index (χ4n) is 1.79. The second-order valence-corrected chi connectivity index (χ2v) is 4.36. The first kappa shape index (κ1) is 11.3. The standard InChI is InChI=1S/C11H9BrFNO2/c1-3-14-7-4-6(13)5(2)9(12)8(7)10(15)11(14)16/h4H,3H2,1-2H3. The molecular weight excluding hydrogens is 277 g/mol. The van der Waals surface area contributed by atoms with Crippen LogP contribution in [-0.4, -0.2) is 18.2 Å². The number of likely N-dealkylation sites (N-methyl/N-ethyl adjacent to an activating group) is 1. The summed E-state index contributed by atoms with van der Waals surface area (Å²) < 4.78 is 13.9. The fourth-order valence-corrected chi connectivity index (χ4v) is 2.36. The molecule has 1 amide bonds. The summed E-state index contributed by atoms with van der Waals surface area (Å²) in [6.07, 6.45) is 0. The number of Topliss-reactive ketones (excluding diaryl/α,β-unsaturated/α-hetero) is 1. The molecule has 1 aromatic carbocycles. The summed E-state index contributed by atoms with van der Waals surface area (Å²) in [5, 5.41) is 0. The van der Waals surface area contributed by atoms with Gasteiger partial charge in [0, 0.05) is 11.0 Å². The lowest BCUT2D eigenvalue weighted by atomic mass is 10.1. The van der Waals surface area contributed by atoms with Crippen LogP contribution in [0.1, 0.15) is 22.8 Å². The molecule has 0 fully saturated rings. The van der Waals surface area contributed by atoms with Crippen molar-refractivity contribution in [3.63, 3.8) is 0 Å². The number of ketones is 1. The first-order valence-corrected chi connectivity index (χ1v) is 5.63. The van der Waals surface area contributed by atoms with Gasteiger partial charge in [-0.05, 0) is 41.4 Å². The van der Waals surface area contributed by atoms with Crippen molar-refractivity contribution in [1.29, 1.82) is 0 Å². The molecule has 1 aromatic rings. The minimum atomic E-state index is -0.594. The average molecular weight is 286 g/mol.